The number of hydrogen-bond donors (Lipinski definition) is 3. The van der Waals surface area contributed by atoms with E-state index in [1.165, 1.54) is 6.92 Å². The summed E-state index contributed by atoms with van der Waals surface area (Å²) in [5.74, 6) is -2.57. The number of aromatic nitrogens is 1. The van der Waals surface area contributed by atoms with Crippen molar-refractivity contribution in [3.63, 3.8) is 0 Å². The summed E-state index contributed by atoms with van der Waals surface area (Å²) in [5, 5.41) is 13.6. The van der Waals surface area contributed by atoms with E-state index < -0.39 is 36.9 Å². The summed E-state index contributed by atoms with van der Waals surface area (Å²) in [6.45, 7) is 1.57. The van der Waals surface area contributed by atoms with Crippen molar-refractivity contribution in [1.82, 2.24) is 10.3 Å². The van der Waals surface area contributed by atoms with E-state index in [1.807, 2.05) is 48.5 Å². The second-order valence-electron chi connectivity index (χ2n) is 7.88. The molecule has 2 amide bonds. The van der Waals surface area contributed by atoms with Gasteiger partial charge in [-0.15, -0.1) is 0 Å². The summed E-state index contributed by atoms with van der Waals surface area (Å²) in [6, 6.07) is 14.1. The molecule has 2 aromatic carbocycles. The minimum absolute atomic E-state index is 0.000496. The summed E-state index contributed by atoms with van der Waals surface area (Å²) in [7, 11) is 0. The summed E-state index contributed by atoms with van der Waals surface area (Å²) in [4.78, 5) is 40.1. The Bertz CT molecular complexity index is 1230. The first kappa shape index (κ1) is 24.3. The second kappa shape index (κ2) is 10.2. The Hall–Kier alpha value is -3.86. The number of halogens is 2. The van der Waals surface area contributed by atoms with E-state index in [2.05, 4.69) is 15.6 Å². The number of anilines is 1. The van der Waals surface area contributed by atoms with Crippen LogP contribution in [0.2, 0.25) is 0 Å². The first-order chi connectivity index (χ1) is 16.7. The molecule has 1 aromatic heterocycles. The molecule has 0 spiro atoms. The molecule has 0 saturated carbocycles. The number of benzene rings is 2. The number of amides is 2. The number of nitrogens with one attached hydrogen (secondary N) is 2. The zero-order valence-electron chi connectivity index (χ0n) is 18.5. The Labute approximate surface area is 203 Å². The number of rotatable bonds is 8. The number of fused-ring (bicyclic) bond motifs is 3. The van der Waals surface area contributed by atoms with Crippen molar-refractivity contribution >= 4 is 34.4 Å². The van der Waals surface area contributed by atoms with Crippen LogP contribution in [0.15, 0.2) is 48.5 Å². The van der Waals surface area contributed by atoms with Gasteiger partial charge in [-0.1, -0.05) is 59.9 Å². The smallest absolute Gasteiger partial charge is 0.413 e. The molecule has 0 bridgehead atoms. The van der Waals surface area contributed by atoms with Gasteiger partial charge in [0, 0.05) is 12.3 Å². The number of aliphatic carboxylic acids is 1. The number of carbonyl (C=O) groups is 3. The monoisotopic (exact) mass is 501 g/mol. The van der Waals surface area contributed by atoms with Crippen LogP contribution in [0.5, 0.6) is 0 Å². The maximum absolute atomic E-state index is 12.6. The normalized spacial score (nSPS) is 13.1. The van der Waals surface area contributed by atoms with Gasteiger partial charge in [0.15, 0.2) is 5.13 Å². The summed E-state index contributed by atoms with van der Waals surface area (Å²) < 4.78 is 30.6. The van der Waals surface area contributed by atoms with Crippen LogP contribution in [0.1, 0.15) is 38.8 Å². The van der Waals surface area contributed by atoms with Crippen LogP contribution in [-0.2, 0) is 9.53 Å². The number of alkyl halides is 2. The van der Waals surface area contributed by atoms with E-state index in [1.54, 1.807) is 0 Å². The van der Waals surface area contributed by atoms with Crippen molar-refractivity contribution in [2.24, 2.45) is 0 Å². The van der Waals surface area contributed by atoms with E-state index >= 15 is 0 Å². The summed E-state index contributed by atoms with van der Waals surface area (Å²) in [6.07, 6.45) is -4.69. The Balaban J connectivity index is 1.40. The van der Waals surface area contributed by atoms with Crippen LogP contribution >= 0.6 is 11.3 Å². The van der Waals surface area contributed by atoms with Gasteiger partial charge < -0.3 is 15.2 Å². The predicted octanol–water partition coefficient (Wildman–Crippen LogP) is 4.65. The minimum atomic E-state index is -2.90. The van der Waals surface area contributed by atoms with Gasteiger partial charge in [0.1, 0.15) is 17.5 Å². The van der Waals surface area contributed by atoms with Gasteiger partial charge in [0.05, 0.1) is 5.69 Å². The van der Waals surface area contributed by atoms with Crippen molar-refractivity contribution < 1.29 is 33.0 Å². The highest BCUT2D eigenvalue weighted by Crippen LogP contribution is 2.44. The maximum Gasteiger partial charge on any atom is 0.413 e. The number of nitrogens with zero attached hydrogens (tertiary/aromatic N) is 1. The van der Waals surface area contributed by atoms with Crippen LogP contribution in [0, 0.1) is 6.92 Å². The van der Waals surface area contributed by atoms with E-state index in [9.17, 15) is 23.2 Å². The van der Waals surface area contributed by atoms with Crippen molar-refractivity contribution in [3.8, 4) is 11.1 Å². The molecule has 1 aliphatic rings. The molecule has 0 aliphatic heterocycles. The van der Waals surface area contributed by atoms with E-state index in [-0.39, 0.29) is 28.2 Å². The van der Waals surface area contributed by atoms with Gasteiger partial charge in [0.25, 0.3) is 5.91 Å². The molecule has 3 aromatic rings. The van der Waals surface area contributed by atoms with Gasteiger partial charge in [0.2, 0.25) is 6.43 Å². The molecule has 8 nitrogen and oxygen atoms in total. The van der Waals surface area contributed by atoms with Crippen molar-refractivity contribution in [1.29, 1.82) is 0 Å². The molecule has 4 rings (SSSR count). The lowest BCUT2D eigenvalue weighted by Crippen LogP contribution is -2.41. The fourth-order valence-electron chi connectivity index (χ4n) is 4.01. The minimum Gasteiger partial charge on any atom is -0.480 e. The lowest BCUT2D eigenvalue weighted by molar-refractivity contribution is -0.140. The highest BCUT2D eigenvalue weighted by molar-refractivity contribution is 7.17. The number of ether oxygens (including phenoxy) is 1. The van der Waals surface area contributed by atoms with Crippen molar-refractivity contribution in [2.75, 3.05) is 11.9 Å². The largest absolute Gasteiger partial charge is 0.480 e. The fourth-order valence-corrected chi connectivity index (χ4v) is 4.86. The molecule has 1 atom stereocenters. The van der Waals surface area contributed by atoms with Crippen molar-refractivity contribution in [2.45, 2.75) is 31.7 Å². The quantitative estimate of drug-likeness (QED) is 0.414. The maximum atomic E-state index is 12.6. The molecule has 3 N–H and O–H groups in total. The first-order valence-electron chi connectivity index (χ1n) is 10.7. The van der Waals surface area contributed by atoms with Gasteiger partial charge in [-0.05, 0) is 29.2 Å². The third-order valence-corrected chi connectivity index (χ3v) is 6.64. The number of thiazole rings is 1. The van der Waals surface area contributed by atoms with Gasteiger partial charge in [-0.2, -0.15) is 0 Å². The van der Waals surface area contributed by atoms with Crippen molar-refractivity contribution in [3.05, 3.63) is 70.2 Å². The number of aryl methyl sites for hydroxylation is 1. The Morgan fingerprint density at radius 2 is 1.69 bits per heavy atom. The van der Waals surface area contributed by atoms with Gasteiger partial charge in [-0.3, -0.25) is 10.1 Å². The fraction of sp³-hybridized carbons (Fsp3) is 0.250. The molecule has 0 fully saturated rings. The zero-order chi connectivity index (χ0) is 25.1. The number of carboxylic acids is 1. The number of carbonyl (C=O) groups excluding carboxylic acids is 2. The van der Waals surface area contributed by atoms with Gasteiger partial charge in [-0.25, -0.2) is 23.4 Å². The van der Waals surface area contributed by atoms with Crippen LogP contribution < -0.4 is 10.6 Å². The lowest BCUT2D eigenvalue weighted by Gasteiger charge is -2.14. The number of carboxylic acid groups (broad SMARTS) is 1. The molecular formula is C24H21F2N3O5S. The molecule has 1 aliphatic carbocycles. The van der Waals surface area contributed by atoms with Gasteiger partial charge >= 0.3 is 12.1 Å². The molecular weight excluding hydrogens is 480 g/mol. The average molecular weight is 502 g/mol. The van der Waals surface area contributed by atoms with Crippen LogP contribution in [0.3, 0.4) is 0 Å². The molecule has 0 saturated heterocycles. The Morgan fingerprint density at radius 1 is 1.09 bits per heavy atom. The number of hydrogen-bond acceptors (Lipinski definition) is 6. The third kappa shape index (κ3) is 5.29. The highest BCUT2D eigenvalue weighted by atomic mass is 32.1. The molecule has 0 radical (unpaired) electrons. The standard InChI is InChI=1S/C24H21F2N3O5S/c1-12-20(21(30)28-18(22(31)32)10-19(25)26)35-23(27-12)29-24(33)34-11-17-15-8-4-2-6-13(15)14-7-3-5-9-16(14)17/h2-9,17-19H,10-11H2,1H3,(H,28,30)(H,31,32)(H,27,29,33). The molecule has 182 valence electrons. The summed E-state index contributed by atoms with van der Waals surface area (Å²) in [5.41, 5.74) is 4.51. The molecule has 1 unspecified atom stereocenters. The SMILES string of the molecule is Cc1nc(NC(=O)OCC2c3ccccc3-c3ccccc32)sc1C(=O)NC(CC(F)F)C(=O)O. The zero-order valence-corrected chi connectivity index (χ0v) is 19.3. The van der Waals surface area contributed by atoms with E-state index in [0.29, 0.717) is 0 Å². The highest BCUT2D eigenvalue weighted by Gasteiger charge is 2.30. The Morgan fingerprint density at radius 3 is 2.26 bits per heavy atom. The van der Waals surface area contributed by atoms with Crippen LogP contribution in [0.4, 0.5) is 18.7 Å². The lowest BCUT2D eigenvalue weighted by atomic mass is 9.98. The van der Waals surface area contributed by atoms with E-state index in [4.69, 9.17) is 9.84 Å². The molecule has 35 heavy (non-hydrogen) atoms. The second-order valence-corrected chi connectivity index (χ2v) is 8.87. The van der Waals surface area contributed by atoms with Crippen LogP contribution in [0.25, 0.3) is 11.1 Å². The average Bonchev–Trinajstić information content (AvgIpc) is 3.34. The summed E-state index contributed by atoms with van der Waals surface area (Å²) >= 11 is 0.788. The first-order valence-corrected chi connectivity index (χ1v) is 11.5. The Kier molecular flexibility index (Phi) is 7.06. The predicted molar refractivity (Wildman–Crippen MR) is 125 cm³/mol. The van der Waals surface area contributed by atoms with E-state index in [0.717, 1.165) is 33.6 Å². The third-order valence-electron chi connectivity index (χ3n) is 5.57. The molecule has 1 heterocycles. The molecule has 11 heteroatoms. The topological polar surface area (TPSA) is 118 Å². The van der Waals surface area contributed by atoms with Crippen LogP contribution in [-0.4, -0.2) is 47.1 Å².